The second-order valence-corrected chi connectivity index (χ2v) is 6.15. The normalized spacial score (nSPS) is 25.2. The quantitative estimate of drug-likeness (QED) is 0.230. The van der Waals surface area contributed by atoms with Crippen LogP contribution in [0.3, 0.4) is 0 Å². The Bertz CT molecular complexity index is 788. The second kappa shape index (κ2) is 10.5. The third-order valence-corrected chi connectivity index (χ3v) is 3.89. The number of imidazole rings is 1. The minimum Gasteiger partial charge on any atom is -1.00 e. The van der Waals surface area contributed by atoms with Gasteiger partial charge in [0.05, 0.1) is 12.9 Å². The summed E-state index contributed by atoms with van der Waals surface area (Å²) in [5, 5.41) is 20.1. The predicted octanol–water partition coefficient (Wildman–Crippen LogP) is -7.57. The Hall–Kier alpha value is 0.770. The molecular formula is C10H19N5Na2O7P2. The molecule has 6 N–H and O–H groups in total. The van der Waals surface area contributed by atoms with E-state index in [0.29, 0.717) is 5.52 Å². The van der Waals surface area contributed by atoms with Gasteiger partial charge >= 0.3 is 66.9 Å². The van der Waals surface area contributed by atoms with Crippen LogP contribution < -0.4 is 64.8 Å². The Morgan fingerprint density at radius 3 is 2.54 bits per heavy atom. The molecule has 5 atom stereocenters. The maximum atomic E-state index is 10.7. The molecule has 1 aliphatic heterocycles. The van der Waals surface area contributed by atoms with Crippen LogP contribution in [0.25, 0.3) is 11.2 Å². The topological polar surface area (TPSA) is 186 Å². The first-order valence-corrected chi connectivity index (χ1v) is 7.95. The average molecular weight is 429 g/mol. The Morgan fingerprint density at radius 1 is 1.27 bits per heavy atom. The van der Waals surface area contributed by atoms with Gasteiger partial charge < -0.3 is 33.3 Å². The van der Waals surface area contributed by atoms with Crippen LogP contribution >= 0.6 is 17.7 Å². The maximum Gasteiger partial charge on any atom is 1.00 e. The molecule has 26 heavy (non-hydrogen) atoms. The molecule has 1 unspecified atom stereocenters. The number of nitrogens with two attached hydrogens (primary N) is 1. The van der Waals surface area contributed by atoms with E-state index in [9.17, 15) is 14.8 Å². The second-order valence-electron chi connectivity index (χ2n) is 4.92. The van der Waals surface area contributed by atoms with E-state index in [4.69, 9.17) is 20.3 Å². The molecule has 0 bridgehead atoms. The molecule has 1 aliphatic rings. The van der Waals surface area contributed by atoms with Crippen molar-refractivity contribution in [1.82, 2.24) is 19.5 Å². The summed E-state index contributed by atoms with van der Waals surface area (Å²) in [5.41, 5.74) is 6.25. The molecule has 0 amide bonds. The first-order chi connectivity index (χ1) is 10.8. The Labute approximate surface area is 198 Å². The fourth-order valence-corrected chi connectivity index (χ4v) is 2.66. The van der Waals surface area contributed by atoms with Crippen LogP contribution in [0.15, 0.2) is 12.7 Å². The molecule has 2 aromatic heterocycles. The van der Waals surface area contributed by atoms with E-state index in [1.165, 1.54) is 17.2 Å². The minimum atomic E-state index is -4.72. The predicted molar refractivity (Wildman–Crippen MR) is 87.0 cm³/mol. The molecule has 12 nitrogen and oxygen atoms in total. The van der Waals surface area contributed by atoms with E-state index in [2.05, 4.69) is 19.5 Å². The van der Waals surface area contributed by atoms with E-state index in [1.54, 1.807) is 0 Å². The zero-order valence-electron chi connectivity index (χ0n) is 16.2. The van der Waals surface area contributed by atoms with Crippen molar-refractivity contribution in [2.24, 2.45) is 0 Å². The maximum absolute atomic E-state index is 10.7. The number of hydrogen-bond acceptors (Lipinski definition) is 9. The van der Waals surface area contributed by atoms with E-state index < -0.39 is 39.0 Å². The zero-order chi connectivity index (χ0) is 16.8. The first-order valence-electron chi connectivity index (χ1n) is 6.42. The van der Waals surface area contributed by atoms with Crippen molar-refractivity contribution in [2.45, 2.75) is 24.5 Å². The molecule has 1 fully saturated rings. The Balaban J connectivity index is -0.00000125. The monoisotopic (exact) mass is 429 g/mol. The third-order valence-electron chi connectivity index (χ3n) is 3.41. The van der Waals surface area contributed by atoms with Crippen molar-refractivity contribution in [2.75, 3.05) is 12.3 Å². The van der Waals surface area contributed by atoms with Gasteiger partial charge in [-0.25, -0.2) is 19.5 Å². The summed E-state index contributed by atoms with van der Waals surface area (Å²) < 4.78 is 21.8. The van der Waals surface area contributed by atoms with Gasteiger partial charge in [0.15, 0.2) is 17.7 Å². The van der Waals surface area contributed by atoms with Crippen molar-refractivity contribution in [3.05, 3.63) is 12.7 Å². The number of hydrogen-bond donors (Lipinski definition) is 5. The number of nitrogen functional groups attached to an aromatic ring is 1. The van der Waals surface area contributed by atoms with Crippen LogP contribution in [0.4, 0.5) is 5.82 Å². The Morgan fingerprint density at radius 2 is 1.92 bits per heavy atom. The average Bonchev–Trinajstić information content (AvgIpc) is 3.01. The number of aliphatic hydroxyl groups excluding tert-OH is 2. The van der Waals surface area contributed by atoms with Gasteiger partial charge in [0, 0.05) is 0 Å². The smallest absolute Gasteiger partial charge is 1.00 e. The van der Waals surface area contributed by atoms with Gasteiger partial charge in [0.2, 0.25) is 0 Å². The number of aromatic nitrogens is 4. The number of rotatable bonds is 4. The van der Waals surface area contributed by atoms with Crippen molar-refractivity contribution < 1.29 is 95.8 Å². The van der Waals surface area contributed by atoms with Crippen LogP contribution in [0.5, 0.6) is 0 Å². The fraction of sp³-hybridized carbons (Fsp3) is 0.500. The summed E-state index contributed by atoms with van der Waals surface area (Å²) in [6.07, 6.45) is -2.49. The van der Waals surface area contributed by atoms with Gasteiger partial charge in [-0.15, -0.1) is 0 Å². The summed E-state index contributed by atoms with van der Waals surface area (Å²) in [4.78, 5) is 29.2. The van der Waals surface area contributed by atoms with Gasteiger partial charge in [0.25, 0.3) is 0 Å². The number of anilines is 1. The van der Waals surface area contributed by atoms with Crippen molar-refractivity contribution >= 4 is 34.7 Å². The summed E-state index contributed by atoms with van der Waals surface area (Å²) in [6, 6.07) is 0. The van der Waals surface area contributed by atoms with E-state index in [-0.39, 0.29) is 83.3 Å². The molecule has 138 valence electrons. The van der Waals surface area contributed by atoms with E-state index in [0.717, 1.165) is 0 Å². The molecule has 0 aromatic carbocycles. The fourth-order valence-electron chi connectivity index (χ4n) is 2.32. The van der Waals surface area contributed by atoms with Gasteiger partial charge in [0.1, 0.15) is 30.2 Å². The molecule has 3 rings (SSSR count). The zero-order valence-corrected chi connectivity index (χ0v) is 20.5. The largest absolute Gasteiger partial charge is 1.00 e. The summed E-state index contributed by atoms with van der Waals surface area (Å²) >= 11 is 0. The third kappa shape index (κ3) is 5.65. The standard InChI is InChI=1S/C10H14N5O7P.2Na.H3P.2H/c11-8-5-9(13-2-12-8)15(3-14-5)10-7(17)6(16)4(22-10)1-21-23(18,19)20;;;;;/h2-4,6-7,10,16-17H,1H2,(H2,11,12,13)(H2,18,19,20);;;1H3;;/q;2*+1;;2*-1/t4-,6-,7-,10-;;;;;/m1...../s1. The number of fused-ring (bicyclic) bond motifs is 1. The van der Waals surface area contributed by atoms with Crippen molar-refractivity contribution in [3.8, 4) is 0 Å². The number of phosphoric ester groups is 1. The molecule has 16 heteroatoms. The van der Waals surface area contributed by atoms with Gasteiger partial charge in [-0.2, -0.15) is 9.90 Å². The number of nitrogens with zero attached hydrogens (tertiary/aromatic N) is 4. The van der Waals surface area contributed by atoms with Gasteiger partial charge in [-0.1, -0.05) is 0 Å². The van der Waals surface area contributed by atoms with Gasteiger partial charge in [-0.3, -0.25) is 9.09 Å². The van der Waals surface area contributed by atoms with Crippen LogP contribution in [-0.2, 0) is 13.8 Å². The molecule has 0 saturated carbocycles. The van der Waals surface area contributed by atoms with E-state index >= 15 is 0 Å². The Kier molecular flexibility index (Phi) is 10.8. The first kappa shape index (κ1) is 26.8. The van der Waals surface area contributed by atoms with Crippen molar-refractivity contribution in [3.63, 3.8) is 0 Å². The van der Waals surface area contributed by atoms with E-state index in [1.807, 2.05) is 0 Å². The molecular weight excluding hydrogens is 410 g/mol. The summed E-state index contributed by atoms with van der Waals surface area (Å²) in [7, 11) is -4.72. The molecule has 0 spiro atoms. The van der Waals surface area contributed by atoms with Crippen LogP contribution in [-0.4, -0.2) is 64.4 Å². The minimum absolute atomic E-state index is 0. The summed E-state index contributed by atoms with van der Waals surface area (Å²) in [5.74, 6) is 0.142. The number of ether oxygens (including phenoxy) is 1. The van der Waals surface area contributed by atoms with Crippen molar-refractivity contribution in [1.29, 1.82) is 0 Å². The summed E-state index contributed by atoms with van der Waals surface area (Å²) in [6.45, 7) is -0.594. The number of aliphatic hydroxyl groups is 2. The van der Waals surface area contributed by atoms with Gasteiger partial charge in [-0.05, 0) is 0 Å². The van der Waals surface area contributed by atoms with Crippen LogP contribution in [0.1, 0.15) is 9.08 Å². The van der Waals surface area contributed by atoms with Crippen LogP contribution in [0.2, 0.25) is 0 Å². The SMILES string of the molecule is Nc1ncnc2c1ncn2[C@@H]1O[C@H](COP(=O)(O)O)[C@@H](O)[C@H]1O.P.[H-].[H-].[Na+].[Na+]. The van der Waals surface area contributed by atoms with Crippen LogP contribution in [0, 0.1) is 0 Å². The molecule has 1 saturated heterocycles. The number of phosphoric acid groups is 1. The molecule has 3 heterocycles. The molecule has 0 radical (unpaired) electrons. The molecule has 0 aliphatic carbocycles. The molecule has 2 aromatic rings.